The molecule has 0 saturated heterocycles. The van der Waals surface area contributed by atoms with Gasteiger partial charge in [-0.25, -0.2) is 0 Å². The molecule has 0 bridgehead atoms. The lowest BCUT2D eigenvalue weighted by molar-refractivity contribution is -0.125. The first-order valence-electron chi connectivity index (χ1n) is 8.85. The molecule has 1 atom stereocenters. The molecule has 1 aliphatic heterocycles. The quantitative estimate of drug-likeness (QED) is 0.456. The highest BCUT2D eigenvalue weighted by Crippen LogP contribution is 2.25. The zero-order valence-corrected chi connectivity index (χ0v) is 19.1. The number of anilines is 1. The van der Waals surface area contributed by atoms with Crippen molar-refractivity contribution in [3.63, 3.8) is 0 Å². The Balaban J connectivity index is 1.41. The second-order valence-electron chi connectivity index (χ2n) is 6.59. The van der Waals surface area contributed by atoms with Crippen molar-refractivity contribution in [2.45, 2.75) is 19.1 Å². The van der Waals surface area contributed by atoms with Gasteiger partial charge >= 0.3 is 0 Å². The minimum atomic E-state index is -0.758. The maximum Gasteiger partial charge on any atom is 0.269 e. The Morgan fingerprint density at radius 1 is 1.20 bits per heavy atom. The van der Waals surface area contributed by atoms with Crippen LogP contribution in [0.2, 0.25) is 15.1 Å². The number of hydrogen-bond donors (Lipinski definition) is 1. The van der Waals surface area contributed by atoms with Gasteiger partial charge in [-0.3, -0.25) is 9.48 Å². The molecule has 2 aromatic carbocycles. The summed E-state index contributed by atoms with van der Waals surface area (Å²) in [7, 11) is 0. The zero-order valence-electron chi connectivity index (χ0n) is 15.3. The van der Waals surface area contributed by atoms with Crippen LogP contribution in [0.15, 0.2) is 58.3 Å². The number of aromatic nitrogens is 2. The molecule has 30 heavy (non-hydrogen) atoms. The molecular formula is C20H14BrCl3N4O2. The number of rotatable bonds is 5. The van der Waals surface area contributed by atoms with Gasteiger partial charge in [-0.2, -0.15) is 5.10 Å². The number of nitrogens with zero attached hydrogens (tertiary/aromatic N) is 3. The van der Waals surface area contributed by atoms with E-state index in [1.54, 1.807) is 23.0 Å². The Bertz CT molecular complexity index is 1150. The maximum absolute atomic E-state index is 12.6. The van der Waals surface area contributed by atoms with Crippen molar-refractivity contribution < 1.29 is 9.63 Å². The summed E-state index contributed by atoms with van der Waals surface area (Å²) in [5.41, 5.74) is 2.41. The van der Waals surface area contributed by atoms with Crippen LogP contribution in [0.5, 0.6) is 0 Å². The first-order valence-corrected chi connectivity index (χ1v) is 10.8. The first-order chi connectivity index (χ1) is 14.4. The summed E-state index contributed by atoms with van der Waals surface area (Å²) < 4.78 is 2.51. The summed E-state index contributed by atoms with van der Waals surface area (Å²) in [6.07, 6.45) is 1.20. The minimum Gasteiger partial charge on any atom is -0.382 e. The van der Waals surface area contributed by atoms with Crippen LogP contribution in [0.3, 0.4) is 0 Å². The summed E-state index contributed by atoms with van der Waals surface area (Å²) in [6.45, 7) is 0.377. The van der Waals surface area contributed by atoms with Crippen LogP contribution >= 0.6 is 50.7 Å². The predicted octanol–water partition coefficient (Wildman–Crippen LogP) is 5.79. The smallest absolute Gasteiger partial charge is 0.269 e. The monoisotopic (exact) mass is 526 g/mol. The normalized spacial score (nSPS) is 15.6. The van der Waals surface area contributed by atoms with E-state index in [1.807, 2.05) is 30.3 Å². The van der Waals surface area contributed by atoms with Gasteiger partial charge < -0.3 is 10.2 Å². The average Bonchev–Trinajstić information content (AvgIpc) is 3.32. The third-order valence-corrected chi connectivity index (χ3v) is 5.78. The molecular weight excluding hydrogens is 515 g/mol. The molecule has 1 aliphatic rings. The van der Waals surface area contributed by atoms with Gasteiger partial charge in [-0.15, -0.1) is 0 Å². The molecule has 0 spiro atoms. The maximum atomic E-state index is 12.6. The molecule has 3 aromatic rings. The van der Waals surface area contributed by atoms with E-state index in [1.165, 1.54) is 0 Å². The Kier molecular flexibility index (Phi) is 6.34. The van der Waals surface area contributed by atoms with E-state index in [4.69, 9.17) is 39.6 Å². The van der Waals surface area contributed by atoms with E-state index < -0.39 is 6.10 Å². The summed E-state index contributed by atoms with van der Waals surface area (Å²) in [5.74, 6) is -0.133. The van der Waals surface area contributed by atoms with Gasteiger partial charge in [0.05, 0.1) is 12.3 Å². The zero-order chi connectivity index (χ0) is 21.3. The SMILES string of the molecule is O=C(Nc1nn(Cc2ccc(Cl)cc2Cl)cc1Cl)C1CC(c2cccc(Br)c2)=NO1. The van der Waals surface area contributed by atoms with E-state index in [-0.39, 0.29) is 11.7 Å². The van der Waals surface area contributed by atoms with Crippen molar-refractivity contribution in [1.82, 2.24) is 9.78 Å². The van der Waals surface area contributed by atoms with E-state index in [2.05, 4.69) is 31.5 Å². The summed E-state index contributed by atoms with van der Waals surface area (Å²) in [4.78, 5) is 17.9. The van der Waals surface area contributed by atoms with Crippen molar-refractivity contribution in [3.05, 3.63) is 79.3 Å². The molecule has 1 unspecified atom stereocenters. The van der Waals surface area contributed by atoms with Gasteiger partial charge in [0.25, 0.3) is 5.91 Å². The van der Waals surface area contributed by atoms with Crippen molar-refractivity contribution in [2.24, 2.45) is 5.16 Å². The second-order valence-corrected chi connectivity index (χ2v) is 8.76. The van der Waals surface area contributed by atoms with Gasteiger partial charge in [-0.05, 0) is 29.8 Å². The number of carbonyl (C=O) groups excluding carboxylic acids is 1. The molecule has 0 radical (unpaired) electrons. The van der Waals surface area contributed by atoms with Crippen molar-refractivity contribution in [1.29, 1.82) is 0 Å². The number of oxime groups is 1. The first kappa shape index (κ1) is 21.2. The lowest BCUT2D eigenvalue weighted by atomic mass is 10.0. The second kappa shape index (κ2) is 8.98. The number of carbonyl (C=O) groups is 1. The molecule has 154 valence electrons. The molecule has 1 amide bonds. The van der Waals surface area contributed by atoms with Crippen LogP contribution in [0.25, 0.3) is 0 Å². The fourth-order valence-corrected chi connectivity index (χ4v) is 4.01. The van der Waals surface area contributed by atoms with Crippen LogP contribution in [-0.4, -0.2) is 27.5 Å². The highest BCUT2D eigenvalue weighted by molar-refractivity contribution is 9.10. The molecule has 1 N–H and O–H groups in total. The van der Waals surface area contributed by atoms with E-state index in [9.17, 15) is 4.79 Å². The standard InChI is InChI=1S/C20H14BrCl3N4O2/c21-13-3-1-2-11(6-13)17-8-18(30-27-17)20(29)25-19-16(24)10-28(26-19)9-12-4-5-14(22)7-15(12)23/h1-7,10,18H,8-9H2,(H,25,26,29). The number of halogens is 4. The van der Waals surface area contributed by atoms with Gasteiger partial charge in [-0.1, -0.05) is 74.1 Å². The van der Waals surface area contributed by atoms with E-state index >= 15 is 0 Å². The summed E-state index contributed by atoms with van der Waals surface area (Å²) in [6, 6.07) is 12.9. The van der Waals surface area contributed by atoms with Crippen LogP contribution in [0.1, 0.15) is 17.5 Å². The molecule has 1 aromatic heterocycles. The van der Waals surface area contributed by atoms with Crippen LogP contribution in [0.4, 0.5) is 5.82 Å². The number of nitrogens with one attached hydrogen (secondary N) is 1. The van der Waals surface area contributed by atoms with Gasteiger partial charge in [0.2, 0.25) is 6.10 Å². The average molecular weight is 529 g/mol. The largest absolute Gasteiger partial charge is 0.382 e. The number of amides is 1. The molecule has 0 aliphatic carbocycles. The van der Waals surface area contributed by atoms with E-state index in [0.29, 0.717) is 33.7 Å². The molecule has 6 nitrogen and oxygen atoms in total. The molecule has 10 heteroatoms. The van der Waals surface area contributed by atoms with Crippen LogP contribution < -0.4 is 5.32 Å². The van der Waals surface area contributed by atoms with E-state index in [0.717, 1.165) is 15.6 Å². The Hall–Kier alpha value is -2.06. The third kappa shape index (κ3) is 4.81. The van der Waals surface area contributed by atoms with Gasteiger partial charge in [0.1, 0.15) is 5.02 Å². The van der Waals surface area contributed by atoms with Crippen molar-refractivity contribution in [3.8, 4) is 0 Å². The Morgan fingerprint density at radius 3 is 2.80 bits per heavy atom. The molecule has 0 fully saturated rings. The number of hydrogen-bond acceptors (Lipinski definition) is 4. The van der Waals surface area contributed by atoms with Crippen molar-refractivity contribution >= 4 is 68.2 Å². The fourth-order valence-electron chi connectivity index (χ4n) is 2.94. The van der Waals surface area contributed by atoms with Crippen molar-refractivity contribution in [2.75, 3.05) is 5.32 Å². The van der Waals surface area contributed by atoms with Gasteiger partial charge in [0, 0.05) is 32.7 Å². The predicted molar refractivity (Wildman–Crippen MR) is 122 cm³/mol. The molecule has 4 rings (SSSR count). The topological polar surface area (TPSA) is 68.5 Å². The minimum absolute atomic E-state index is 0.242. The van der Waals surface area contributed by atoms with Crippen LogP contribution in [-0.2, 0) is 16.2 Å². The van der Waals surface area contributed by atoms with Crippen LogP contribution in [0, 0.1) is 0 Å². The summed E-state index contributed by atoms with van der Waals surface area (Å²) >= 11 is 21.8. The lowest BCUT2D eigenvalue weighted by Crippen LogP contribution is -2.28. The highest BCUT2D eigenvalue weighted by Gasteiger charge is 2.30. The molecule has 2 heterocycles. The van der Waals surface area contributed by atoms with Gasteiger partial charge in [0.15, 0.2) is 5.82 Å². The Morgan fingerprint density at radius 2 is 2.03 bits per heavy atom. The third-order valence-electron chi connectivity index (χ3n) is 4.43. The number of benzene rings is 2. The molecule has 0 saturated carbocycles. The Labute approximate surface area is 195 Å². The highest BCUT2D eigenvalue weighted by atomic mass is 79.9. The fraction of sp³-hybridized carbons (Fsp3) is 0.150. The summed E-state index contributed by atoms with van der Waals surface area (Å²) in [5, 5.41) is 12.5. The lowest BCUT2D eigenvalue weighted by Gasteiger charge is -2.08.